The molecule has 0 unspecified atom stereocenters. The van der Waals surface area contributed by atoms with Crippen LogP contribution in [0, 0.1) is 0 Å². The fraction of sp³-hybridized carbons (Fsp3) is 0.179. The van der Waals surface area contributed by atoms with Crippen LogP contribution in [-0.2, 0) is 13.0 Å². The summed E-state index contributed by atoms with van der Waals surface area (Å²) in [4.78, 5) is 20.8. The molecule has 0 saturated heterocycles. The van der Waals surface area contributed by atoms with Crippen LogP contribution in [0.15, 0.2) is 72.9 Å². The van der Waals surface area contributed by atoms with Gasteiger partial charge in [0, 0.05) is 28.2 Å². The van der Waals surface area contributed by atoms with Gasteiger partial charge in [-0.2, -0.15) is 5.10 Å². The molecular formula is C28H30Cl2N8O. The van der Waals surface area contributed by atoms with Gasteiger partial charge in [-0.05, 0) is 55.3 Å². The Bertz CT molecular complexity index is 1530. The van der Waals surface area contributed by atoms with Crippen molar-refractivity contribution < 1.29 is 4.79 Å². The van der Waals surface area contributed by atoms with Crippen molar-refractivity contribution in [2.24, 2.45) is 5.73 Å². The summed E-state index contributed by atoms with van der Waals surface area (Å²) >= 11 is 12.7. The average Bonchev–Trinajstić information content (AvgIpc) is 3.59. The van der Waals surface area contributed by atoms with Gasteiger partial charge in [0.1, 0.15) is 16.7 Å². The molecule has 2 heterocycles. The number of nitrogens with one attached hydrogen (secondary N) is 4. The molecule has 0 fully saturated rings. The van der Waals surface area contributed by atoms with Crippen LogP contribution in [0.25, 0.3) is 22.2 Å². The zero-order valence-corrected chi connectivity index (χ0v) is 22.9. The minimum Gasteiger partial charge on any atom is -0.398 e. The topological polar surface area (TPSA) is 151 Å². The van der Waals surface area contributed by atoms with E-state index in [0.29, 0.717) is 33.8 Å². The van der Waals surface area contributed by atoms with Gasteiger partial charge in [-0.15, -0.1) is 0 Å². The lowest BCUT2D eigenvalue weighted by Gasteiger charge is -2.18. The molecule has 8 N–H and O–H groups in total. The molecule has 0 radical (unpaired) electrons. The van der Waals surface area contributed by atoms with Crippen LogP contribution in [0.5, 0.6) is 0 Å². The summed E-state index contributed by atoms with van der Waals surface area (Å²) in [5, 5.41) is 14.9. The summed E-state index contributed by atoms with van der Waals surface area (Å²) in [7, 11) is 1.50. The third-order valence-corrected chi connectivity index (χ3v) is 6.65. The maximum atomic E-state index is 12.9. The quantitative estimate of drug-likeness (QED) is 0.136. The molecule has 0 saturated carbocycles. The molecule has 5 rings (SSSR count). The van der Waals surface area contributed by atoms with Gasteiger partial charge in [0.15, 0.2) is 0 Å². The fourth-order valence-electron chi connectivity index (χ4n) is 4.15. The molecule has 3 aromatic carbocycles. The molecule has 0 aliphatic rings. The second kappa shape index (κ2) is 13.1. The van der Waals surface area contributed by atoms with Crippen molar-refractivity contribution >= 4 is 45.8 Å². The van der Waals surface area contributed by atoms with Gasteiger partial charge < -0.3 is 27.1 Å². The minimum absolute atomic E-state index is 0.234. The first-order valence-electron chi connectivity index (χ1n) is 12.3. The first-order valence-corrected chi connectivity index (χ1v) is 13.1. The maximum Gasteiger partial charge on any atom is 0.315 e. The number of halogens is 2. The van der Waals surface area contributed by atoms with E-state index in [9.17, 15) is 4.79 Å². The predicted octanol–water partition coefficient (Wildman–Crippen LogP) is 5.59. The van der Waals surface area contributed by atoms with Crippen molar-refractivity contribution in [3.05, 3.63) is 100 Å². The van der Waals surface area contributed by atoms with Gasteiger partial charge in [-0.3, -0.25) is 5.10 Å². The molecule has 9 nitrogen and oxygen atoms in total. The molecule has 2 aromatic heterocycles. The van der Waals surface area contributed by atoms with Gasteiger partial charge in [0.25, 0.3) is 0 Å². The van der Waals surface area contributed by atoms with Crippen LogP contribution < -0.4 is 22.1 Å². The molecule has 0 bridgehead atoms. The smallest absolute Gasteiger partial charge is 0.315 e. The molecule has 1 atom stereocenters. The third-order valence-electron chi connectivity index (χ3n) is 6.14. The largest absolute Gasteiger partial charge is 0.398 e. The molecular weight excluding hydrogens is 535 g/mol. The lowest BCUT2D eigenvalue weighted by Crippen LogP contribution is -2.38. The predicted molar refractivity (Wildman–Crippen MR) is 158 cm³/mol. The molecule has 0 spiro atoms. The third kappa shape index (κ3) is 7.08. The first-order chi connectivity index (χ1) is 19.0. The molecule has 11 heteroatoms. The van der Waals surface area contributed by atoms with Gasteiger partial charge in [0.05, 0.1) is 17.8 Å². The summed E-state index contributed by atoms with van der Waals surface area (Å²) in [6, 6.07) is 20.3. The number of aromatic nitrogens is 4. The highest BCUT2D eigenvalue weighted by atomic mass is 35.5. The number of nitrogen functional groups attached to an aromatic ring is 1. The summed E-state index contributed by atoms with van der Waals surface area (Å²) < 4.78 is 0. The van der Waals surface area contributed by atoms with E-state index in [-0.39, 0.29) is 12.6 Å². The fourth-order valence-corrected chi connectivity index (χ4v) is 4.60. The van der Waals surface area contributed by atoms with Crippen LogP contribution in [0.3, 0.4) is 0 Å². The first kappa shape index (κ1) is 28.0. The van der Waals surface area contributed by atoms with Crippen molar-refractivity contribution in [1.29, 1.82) is 0 Å². The van der Waals surface area contributed by atoms with Gasteiger partial charge >= 0.3 is 6.03 Å². The lowest BCUT2D eigenvalue weighted by molar-refractivity contribution is 0.235. The molecule has 2 amide bonds. The van der Waals surface area contributed by atoms with Crippen molar-refractivity contribution in [3.63, 3.8) is 0 Å². The molecule has 202 valence electrons. The summed E-state index contributed by atoms with van der Waals surface area (Å²) in [5.41, 5.74) is 15.3. The number of imidazole rings is 1. The van der Waals surface area contributed by atoms with Gasteiger partial charge in [-0.25, -0.2) is 9.78 Å². The number of aromatic amines is 2. The Hall–Kier alpha value is -4.05. The number of aryl methyl sites for hydroxylation is 1. The molecule has 5 aromatic rings. The van der Waals surface area contributed by atoms with E-state index in [0.717, 1.165) is 34.0 Å². The van der Waals surface area contributed by atoms with E-state index < -0.39 is 6.04 Å². The number of anilines is 1. The number of hydrogen-bond donors (Lipinski definition) is 6. The highest BCUT2D eigenvalue weighted by Gasteiger charge is 2.21. The second-order valence-corrected chi connectivity index (χ2v) is 9.52. The number of hydrogen-bond acceptors (Lipinski definition) is 5. The summed E-state index contributed by atoms with van der Waals surface area (Å²) in [6.07, 6.45) is 3.11. The standard InChI is InChI=1S/C27H25Cl2N7O.CH5N/c28-20-9-10-21(30)19(12-20)14-31-27(37)33-22(11-6-16-4-2-1-3-5-16)26-34-24(25(29)35-26)17-7-8-18-15-32-36-23(18)13-17;1-2/h1-5,7-10,12-13,15,22H,6,11,14,30H2,(H,32,36)(H,34,35)(H2,31,33,37);2H2,1H3/t22-;/m0./s1. The zero-order valence-electron chi connectivity index (χ0n) is 21.3. The number of urea groups is 1. The molecule has 39 heavy (non-hydrogen) atoms. The van der Waals surface area contributed by atoms with E-state index >= 15 is 0 Å². The van der Waals surface area contributed by atoms with Crippen molar-refractivity contribution in [2.75, 3.05) is 12.8 Å². The van der Waals surface area contributed by atoms with Crippen molar-refractivity contribution in [1.82, 2.24) is 30.8 Å². The maximum absolute atomic E-state index is 12.9. The molecule has 0 aliphatic carbocycles. The highest BCUT2D eigenvalue weighted by molar-refractivity contribution is 6.32. The van der Waals surface area contributed by atoms with Crippen molar-refractivity contribution in [3.8, 4) is 11.3 Å². The number of carbonyl (C=O) groups excluding carboxylic acids is 1. The van der Waals surface area contributed by atoms with E-state index in [4.69, 9.17) is 33.9 Å². The van der Waals surface area contributed by atoms with Crippen LogP contribution >= 0.6 is 23.2 Å². The average molecular weight is 566 g/mol. The summed E-state index contributed by atoms with van der Waals surface area (Å²) in [6.45, 7) is 0.234. The molecule has 0 aliphatic heterocycles. The van der Waals surface area contributed by atoms with Crippen LogP contribution in [0.4, 0.5) is 10.5 Å². The van der Waals surface area contributed by atoms with Crippen LogP contribution in [-0.4, -0.2) is 33.2 Å². The van der Waals surface area contributed by atoms with Gasteiger partial charge in [0.2, 0.25) is 0 Å². The number of nitrogens with two attached hydrogens (primary N) is 2. The number of rotatable bonds is 8. The van der Waals surface area contributed by atoms with Crippen molar-refractivity contribution in [2.45, 2.75) is 25.4 Å². The van der Waals surface area contributed by atoms with Crippen LogP contribution in [0.1, 0.15) is 29.4 Å². The monoisotopic (exact) mass is 564 g/mol. The number of fused-ring (bicyclic) bond motifs is 1. The number of amides is 2. The number of carbonyl (C=O) groups is 1. The SMILES string of the molecule is CN.Nc1ccc(Cl)cc1CNC(=O)N[C@@H](CCc1ccccc1)c1nc(-c2ccc3cn[nH]c3c2)c(Cl)[nH]1. The van der Waals surface area contributed by atoms with E-state index in [1.807, 2.05) is 36.4 Å². The van der Waals surface area contributed by atoms with E-state index in [1.165, 1.54) is 7.05 Å². The normalized spacial score (nSPS) is 11.5. The zero-order chi connectivity index (χ0) is 27.8. The Morgan fingerprint density at radius 3 is 2.64 bits per heavy atom. The number of H-pyrrole nitrogens is 2. The number of nitrogens with zero attached hydrogens (tertiary/aromatic N) is 2. The summed E-state index contributed by atoms with van der Waals surface area (Å²) in [5.74, 6) is 0.568. The van der Waals surface area contributed by atoms with E-state index in [1.54, 1.807) is 24.4 Å². The minimum atomic E-state index is -0.418. The van der Waals surface area contributed by atoms with Crippen LogP contribution in [0.2, 0.25) is 10.2 Å². The lowest BCUT2D eigenvalue weighted by atomic mass is 10.0. The number of benzene rings is 3. The van der Waals surface area contributed by atoms with E-state index in [2.05, 4.69) is 43.7 Å². The Labute approximate surface area is 236 Å². The van der Waals surface area contributed by atoms with Gasteiger partial charge in [-0.1, -0.05) is 65.7 Å². The highest BCUT2D eigenvalue weighted by Crippen LogP contribution is 2.30. The Morgan fingerprint density at radius 2 is 1.85 bits per heavy atom. The Kier molecular flexibility index (Phi) is 9.43. The Morgan fingerprint density at radius 1 is 1.05 bits per heavy atom. The second-order valence-electron chi connectivity index (χ2n) is 8.70. The Balaban J connectivity index is 0.00000172.